The number of aryl methyl sites for hydroxylation is 2. The summed E-state index contributed by atoms with van der Waals surface area (Å²) in [5.74, 6) is 0.297. The minimum Gasteiger partial charge on any atom is -0.341 e. The van der Waals surface area contributed by atoms with Gasteiger partial charge in [-0.3, -0.25) is 9.59 Å². The topological polar surface area (TPSA) is 40.6 Å². The number of carbonyl (C=O) groups excluding carboxylic acids is 2. The molecule has 0 radical (unpaired) electrons. The van der Waals surface area contributed by atoms with Crippen LogP contribution < -0.4 is 0 Å². The van der Waals surface area contributed by atoms with Crippen LogP contribution in [-0.2, 0) is 22.4 Å². The quantitative estimate of drug-likeness (QED) is 0.667. The summed E-state index contributed by atoms with van der Waals surface area (Å²) >= 11 is 11.8. The lowest BCUT2D eigenvalue weighted by Crippen LogP contribution is -2.37. The van der Waals surface area contributed by atoms with E-state index in [0.29, 0.717) is 61.9 Å². The number of rotatable bonds is 6. The average Bonchev–Trinajstić information content (AvgIpc) is 2.99. The van der Waals surface area contributed by atoms with Crippen molar-refractivity contribution in [1.82, 2.24) is 9.80 Å². The van der Waals surface area contributed by atoms with Gasteiger partial charge in [0.15, 0.2) is 0 Å². The van der Waals surface area contributed by atoms with Gasteiger partial charge in [0.05, 0.1) is 0 Å². The molecule has 1 aliphatic heterocycles. The lowest BCUT2D eigenvalue weighted by molar-refractivity contribution is -0.133. The minimum atomic E-state index is 0.149. The van der Waals surface area contributed by atoms with Crippen molar-refractivity contribution in [3.63, 3.8) is 0 Å². The first kappa shape index (κ1) is 21.7. The summed E-state index contributed by atoms with van der Waals surface area (Å²) in [6.45, 7) is 2.62. The van der Waals surface area contributed by atoms with Crippen molar-refractivity contribution in [3.05, 3.63) is 69.7 Å². The number of benzene rings is 2. The zero-order valence-corrected chi connectivity index (χ0v) is 18.0. The third-order valence-electron chi connectivity index (χ3n) is 5.28. The molecular weight excluding hydrogens is 407 g/mol. The van der Waals surface area contributed by atoms with E-state index in [0.717, 1.165) is 17.5 Å². The van der Waals surface area contributed by atoms with Crippen LogP contribution in [0, 0.1) is 0 Å². The molecule has 2 aromatic carbocycles. The van der Waals surface area contributed by atoms with Crippen molar-refractivity contribution in [1.29, 1.82) is 0 Å². The molecule has 0 bridgehead atoms. The van der Waals surface area contributed by atoms with Crippen LogP contribution in [0.25, 0.3) is 0 Å². The van der Waals surface area contributed by atoms with Crippen LogP contribution in [0.2, 0.25) is 10.0 Å². The first-order valence-corrected chi connectivity index (χ1v) is 10.8. The Morgan fingerprint density at radius 3 is 1.41 bits per heavy atom. The molecule has 1 heterocycles. The lowest BCUT2D eigenvalue weighted by Gasteiger charge is -2.22. The third kappa shape index (κ3) is 6.76. The van der Waals surface area contributed by atoms with E-state index in [1.807, 2.05) is 58.3 Å². The molecule has 6 heteroatoms. The highest BCUT2D eigenvalue weighted by Crippen LogP contribution is 2.14. The van der Waals surface area contributed by atoms with Gasteiger partial charge in [-0.2, -0.15) is 0 Å². The molecule has 4 nitrogen and oxygen atoms in total. The highest BCUT2D eigenvalue weighted by molar-refractivity contribution is 6.30. The largest absolute Gasteiger partial charge is 0.341 e. The van der Waals surface area contributed by atoms with Crippen molar-refractivity contribution in [2.45, 2.75) is 32.1 Å². The molecule has 3 rings (SSSR count). The summed E-state index contributed by atoms with van der Waals surface area (Å²) < 4.78 is 0. The van der Waals surface area contributed by atoms with Crippen LogP contribution in [0.1, 0.15) is 30.4 Å². The molecule has 2 aromatic rings. The standard InChI is InChI=1S/C23H26Cl2N2O2/c24-20-8-2-18(3-9-20)6-12-22(28)26-14-1-15-27(17-16-26)23(29)13-7-19-4-10-21(25)11-5-19/h2-5,8-11H,1,6-7,12-17H2. The second-order valence-electron chi connectivity index (χ2n) is 7.37. The first-order chi connectivity index (χ1) is 14.0. The van der Waals surface area contributed by atoms with Crippen molar-refractivity contribution in [2.75, 3.05) is 26.2 Å². The molecule has 2 amide bonds. The van der Waals surface area contributed by atoms with E-state index >= 15 is 0 Å². The van der Waals surface area contributed by atoms with Crippen LogP contribution in [0.5, 0.6) is 0 Å². The van der Waals surface area contributed by atoms with Gasteiger partial charge in [-0.15, -0.1) is 0 Å². The Bertz CT molecular complexity index is 752. The van der Waals surface area contributed by atoms with Gasteiger partial charge in [0.25, 0.3) is 0 Å². The smallest absolute Gasteiger partial charge is 0.222 e. The number of hydrogen-bond acceptors (Lipinski definition) is 2. The van der Waals surface area contributed by atoms with E-state index in [9.17, 15) is 9.59 Å². The summed E-state index contributed by atoms with van der Waals surface area (Å²) in [5, 5.41) is 1.40. The van der Waals surface area contributed by atoms with Gasteiger partial charge in [0.2, 0.25) is 11.8 Å². The van der Waals surface area contributed by atoms with Crippen LogP contribution in [-0.4, -0.2) is 47.8 Å². The molecule has 0 aromatic heterocycles. The summed E-state index contributed by atoms with van der Waals surface area (Å²) in [5.41, 5.74) is 2.22. The van der Waals surface area contributed by atoms with Gasteiger partial charge in [0.1, 0.15) is 0 Å². The number of hydrogen-bond donors (Lipinski definition) is 0. The minimum absolute atomic E-state index is 0.149. The molecule has 0 spiro atoms. The Hall–Kier alpha value is -2.04. The fourth-order valence-corrected chi connectivity index (χ4v) is 3.79. The summed E-state index contributed by atoms with van der Waals surface area (Å²) in [6.07, 6.45) is 3.18. The molecule has 0 atom stereocenters. The SMILES string of the molecule is O=C(CCc1ccc(Cl)cc1)N1CCCN(C(=O)CCc2ccc(Cl)cc2)CC1. The Balaban J connectivity index is 1.43. The van der Waals surface area contributed by atoms with Gasteiger partial charge in [0, 0.05) is 49.1 Å². The maximum atomic E-state index is 12.6. The summed E-state index contributed by atoms with van der Waals surface area (Å²) in [4.78, 5) is 29.0. The molecule has 0 aliphatic carbocycles. The number of halogens is 2. The Labute approximate surface area is 182 Å². The number of amides is 2. The van der Waals surface area contributed by atoms with Crippen molar-refractivity contribution in [2.24, 2.45) is 0 Å². The normalized spacial score (nSPS) is 14.6. The van der Waals surface area contributed by atoms with E-state index in [2.05, 4.69) is 0 Å². The van der Waals surface area contributed by atoms with Gasteiger partial charge in [-0.25, -0.2) is 0 Å². The second-order valence-corrected chi connectivity index (χ2v) is 8.24. The molecule has 1 saturated heterocycles. The van der Waals surface area contributed by atoms with E-state index in [-0.39, 0.29) is 11.8 Å². The van der Waals surface area contributed by atoms with E-state index in [1.54, 1.807) is 0 Å². The molecule has 1 fully saturated rings. The predicted octanol–water partition coefficient (Wildman–Crippen LogP) is 4.62. The lowest BCUT2D eigenvalue weighted by atomic mass is 10.1. The van der Waals surface area contributed by atoms with E-state index in [1.165, 1.54) is 0 Å². The van der Waals surface area contributed by atoms with E-state index in [4.69, 9.17) is 23.2 Å². The fraction of sp³-hybridized carbons (Fsp3) is 0.391. The Morgan fingerprint density at radius 1 is 0.655 bits per heavy atom. The molecule has 0 N–H and O–H groups in total. The molecule has 0 unspecified atom stereocenters. The molecule has 1 aliphatic rings. The predicted molar refractivity (Wildman–Crippen MR) is 117 cm³/mol. The van der Waals surface area contributed by atoms with Crippen LogP contribution in [0.4, 0.5) is 0 Å². The third-order valence-corrected chi connectivity index (χ3v) is 5.79. The summed E-state index contributed by atoms with van der Waals surface area (Å²) in [7, 11) is 0. The maximum absolute atomic E-state index is 12.6. The fourth-order valence-electron chi connectivity index (χ4n) is 3.54. The maximum Gasteiger partial charge on any atom is 0.222 e. The van der Waals surface area contributed by atoms with Crippen molar-refractivity contribution < 1.29 is 9.59 Å². The Morgan fingerprint density at radius 2 is 1.03 bits per heavy atom. The monoisotopic (exact) mass is 432 g/mol. The van der Waals surface area contributed by atoms with Crippen LogP contribution in [0.3, 0.4) is 0 Å². The molecule has 154 valence electrons. The average molecular weight is 433 g/mol. The van der Waals surface area contributed by atoms with E-state index < -0.39 is 0 Å². The number of nitrogens with zero attached hydrogens (tertiary/aromatic N) is 2. The Kier molecular flexibility index (Phi) is 7.96. The summed E-state index contributed by atoms with van der Waals surface area (Å²) in [6, 6.07) is 15.2. The first-order valence-electron chi connectivity index (χ1n) is 10.1. The number of carbonyl (C=O) groups is 2. The van der Waals surface area contributed by atoms with Crippen LogP contribution in [0.15, 0.2) is 48.5 Å². The zero-order valence-electron chi connectivity index (χ0n) is 16.4. The molecule has 0 saturated carbocycles. The van der Waals surface area contributed by atoms with Crippen LogP contribution >= 0.6 is 23.2 Å². The van der Waals surface area contributed by atoms with Gasteiger partial charge in [-0.1, -0.05) is 47.5 Å². The van der Waals surface area contributed by atoms with Gasteiger partial charge < -0.3 is 9.80 Å². The van der Waals surface area contributed by atoms with Gasteiger partial charge in [-0.05, 0) is 54.7 Å². The second kappa shape index (κ2) is 10.7. The zero-order chi connectivity index (χ0) is 20.6. The van der Waals surface area contributed by atoms with Crippen molar-refractivity contribution in [3.8, 4) is 0 Å². The van der Waals surface area contributed by atoms with Gasteiger partial charge >= 0.3 is 0 Å². The highest BCUT2D eigenvalue weighted by Gasteiger charge is 2.21. The molecular formula is C23H26Cl2N2O2. The highest BCUT2D eigenvalue weighted by atomic mass is 35.5. The molecule has 29 heavy (non-hydrogen) atoms. The van der Waals surface area contributed by atoms with Crippen molar-refractivity contribution >= 4 is 35.0 Å².